The Kier molecular flexibility index (Phi) is 6.03. The molecule has 0 aromatic carbocycles. The van der Waals surface area contributed by atoms with Crippen molar-refractivity contribution in [3.8, 4) is 0 Å². The first-order valence-electron chi connectivity index (χ1n) is 4.93. The fourth-order valence-electron chi connectivity index (χ4n) is 1.16. The number of hydrogen-bond acceptors (Lipinski definition) is 1. The van der Waals surface area contributed by atoms with Crippen LogP contribution in [0.2, 0.25) is 0 Å². The van der Waals surface area contributed by atoms with E-state index in [1.165, 1.54) is 0 Å². The van der Waals surface area contributed by atoms with E-state index in [0.29, 0.717) is 5.92 Å². The lowest BCUT2D eigenvalue weighted by atomic mass is 10.00. The highest BCUT2D eigenvalue weighted by atomic mass is 14.6. The minimum absolute atomic E-state index is 0.369. The molecule has 1 unspecified atom stereocenters. The molecule has 0 fully saturated rings. The van der Waals surface area contributed by atoms with Gasteiger partial charge in [0, 0.05) is 11.6 Å². The van der Waals surface area contributed by atoms with E-state index in [1.807, 2.05) is 19.1 Å². The van der Waals surface area contributed by atoms with Crippen LogP contribution in [0, 0.1) is 5.92 Å². The van der Waals surface area contributed by atoms with Crippen molar-refractivity contribution >= 4 is 0 Å². The summed E-state index contributed by atoms with van der Waals surface area (Å²) in [5, 5.41) is 0. The molecule has 74 valence electrons. The quantitative estimate of drug-likeness (QED) is 0.508. The van der Waals surface area contributed by atoms with E-state index in [2.05, 4.69) is 26.5 Å². The Hall–Kier alpha value is -0.980. The van der Waals surface area contributed by atoms with Crippen LogP contribution >= 0.6 is 0 Å². The summed E-state index contributed by atoms with van der Waals surface area (Å²) in [6.07, 6.45) is 8.18. The normalized spacial score (nSPS) is 14.8. The second-order valence-corrected chi connectivity index (χ2v) is 3.20. The predicted octanol–water partition coefficient (Wildman–Crippen LogP) is 3.40. The maximum Gasteiger partial charge on any atom is 0.0161 e. The summed E-state index contributed by atoms with van der Waals surface area (Å²) >= 11 is 0. The van der Waals surface area contributed by atoms with Gasteiger partial charge in [0.15, 0.2) is 0 Å². The average Bonchev–Trinajstić information content (AvgIpc) is 2.13. The number of nitrogens with two attached hydrogens (primary N) is 1. The molecule has 0 rings (SSSR count). The predicted molar refractivity (Wildman–Crippen MR) is 60.3 cm³/mol. The molecule has 1 nitrogen and oxygen atoms in total. The van der Waals surface area contributed by atoms with Gasteiger partial charge in [0.05, 0.1) is 0 Å². The van der Waals surface area contributed by atoms with Crippen molar-refractivity contribution in [1.82, 2.24) is 0 Å². The minimum atomic E-state index is 0.369. The summed E-state index contributed by atoms with van der Waals surface area (Å²) in [6, 6.07) is 0. The van der Waals surface area contributed by atoms with Crippen LogP contribution < -0.4 is 5.73 Å². The van der Waals surface area contributed by atoms with Crippen LogP contribution in [0.15, 0.2) is 36.1 Å². The molecule has 0 spiro atoms. The molecule has 0 bridgehead atoms. The highest BCUT2D eigenvalue weighted by Gasteiger charge is 2.04. The molecule has 0 aliphatic heterocycles. The maximum atomic E-state index is 5.94. The molecular weight excluding hydrogens is 158 g/mol. The molecule has 0 heterocycles. The summed E-state index contributed by atoms with van der Waals surface area (Å²) in [4.78, 5) is 0. The van der Waals surface area contributed by atoms with Crippen LogP contribution in [0.1, 0.15) is 33.6 Å². The van der Waals surface area contributed by atoms with Crippen LogP contribution in [0.25, 0.3) is 0 Å². The van der Waals surface area contributed by atoms with E-state index >= 15 is 0 Å². The summed E-state index contributed by atoms with van der Waals surface area (Å²) in [7, 11) is 0. The van der Waals surface area contributed by atoms with Gasteiger partial charge in [-0.3, -0.25) is 0 Å². The van der Waals surface area contributed by atoms with Crippen molar-refractivity contribution in [3.05, 3.63) is 36.1 Å². The van der Waals surface area contributed by atoms with Gasteiger partial charge < -0.3 is 5.73 Å². The zero-order valence-corrected chi connectivity index (χ0v) is 9.01. The minimum Gasteiger partial charge on any atom is -0.402 e. The van der Waals surface area contributed by atoms with Crippen molar-refractivity contribution in [1.29, 1.82) is 0 Å². The Balaban J connectivity index is 4.43. The number of allylic oxidation sites excluding steroid dienone is 4. The first-order valence-corrected chi connectivity index (χ1v) is 4.93. The van der Waals surface area contributed by atoms with E-state index in [4.69, 9.17) is 5.73 Å². The second kappa shape index (κ2) is 6.53. The summed E-state index contributed by atoms with van der Waals surface area (Å²) < 4.78 is 0. The SMILES string of the molecule is C=C(/C=C(\N)C(/C=C/C)CC)CC. The highest BCUT2D eigenvalue weighted by Crippen LogP contribution is 2.14. The molecule has 0 saturated carbocycles. The Morgan fingerprint density at radius 2 is 2.08 bits per heavy atom. The Morgan fingerprint density at radius 3 is 2.46 bits per heavy atom. The van der Waals surface area contributed by atoms with Crippen LogP contribution in [-0.4, -0.2) is 0 Å². The molecule has 0 aliphatic carbocycles. The zero-order chi connectivity index (χ0) is 10.3. The summed E-state index contributed by atoms with van der Waals surface area (Å²) in [6.45, 7) is 10.2. The summed E-state index contributed by atoms with van der Waals surface area (Å²) in [5.41, 5.74) is 7.96. The molecule has 0 saturated heterocycles. The van der Waals surface area contributed by atoms with E-state index in [0.717, 1.165) is 24.1 Å². The lowest BCUT2D eigenvalue weighted by molar-refractivity contribution is 0.715. The van der Waals surface area contributed by atoms with E-state index in [-0.39, 0.29) is 0 Å². The Bertz CT molecular complexity index is 211. The Labute approximate surface area is 82.0 Å². The van der Waals surface area contributed by atoms with Crippen molar-refractivity contribution in [2.75, 3.05) is 0 Å². The average molecular weight is 179 g/mol. The summed E-state index contributed by atoms with van der Waals surface area (Å²) in [5.74, 6) is 0.369. The van der Waals surface area contributed by atoms with E-state index in [1.54, 1.807) is 0 Å². The fraction of sp³-hybridized carbons (Fsp3) is 0.500. The molecule has 1 atom stereocenters. The van der Waals surface area contributed by atoms with Gasteiger partial charge in [0.1, 0.15) is 0 Å². The van der Waals surface area contributed by atoms with Gasteiger partial charge in [0.2, 0.25) is 0 Å². The van der Waals surface area contributed by atoms with Crippen molar-refractivity contribution in [2.45, 2.75) is 33.6 Å². The molecule has 13 heavy (non-hydrogen) atoms. The highest BCUT2D eigenvalue weighted by molar-refractivity contribution is 5.22. The smallest absolute Gasteiger partial charge is 0.0161 e. The van der Waals surface area contributed by atoms with Crippen LogP contribution in [0.4, 0.5) is 0 Å². The second-order valence-electron chi connectivity index (χ2n) is 3.20. The first-order chi connectivity index (χ1) is 6.15. The molecule has 0 aromatic heterocycles. The molecule has 1 heteroatoms. The third kappa shape index (κ3) is 4.56. The molecule has 0 amide bonds. The standard InChI is InChI=1S/C12H21N/c1-5-8-11(7-3)12(13)9-10(4)6-2/h5,8-9,11H,4,6-7,13H2,1-3H3/b8-5+,12-9-. The number of hydrogen-bond donors (Lipinski definition) is 1. The van der Waals surface area contributed by atoms with Gasteiger partial charge >= 0.3 is 0 Å². The van der Waals surface area contributed by atoms with Gasteiger partial charge in [-0.2, -0.15) is 0 Å². The van der Waals surface area contributed by atoms with Gasteiger partial charge in [-0.15, -0.1) is 0 Å². The lowest BCUT2D eigenvalue weighted by Gasteiger charge is -2.10. The first kappa shape index (κ1) is 12.0. The van der Waals surface area contributed by atoms with Gasteiger partial charge in [0.25, 0.3) is 0 Å². The monoisotopic (exact) mass is 179 g/mol. The van der Waals surface area contributed by atoms with Crippen LogP contribution in [-0.2, 0) is 0 Å². The zero-order valence-electron chi connectivity index (χ0n) is 9.01. The van der Waals surface area contributed by atoms with E-state index in [9.17, 15) is 0 Å². The maximum absolute atomic E-state index is 5.94. The van der Waals surface area contributed by atoms with E-state index < -0.39 is 0 Å². The van der Waals surface area contributed by atoms with Crippen LogP contribution in [0.3, 0.4) is 0 Å². The third-order valence-corrected chi connectivity index (χ3v) is 2.12. The van der Waals surface area contributed by atoms with Crippen molar-refractivity contribution < 1.29 is 0 Å². The Morgan fingerprint density at radius 1 is 1.46 bits per heavy atom. The van der Waals surface area contributed by atoms with Crippen molar-refractivity contribution in [2.24, 2.45) is 11.7 Å². The topological polar surface area (TPSA) is 26.0 Å². The molecule has 0 radical (unpaired) electrons. The van der Waals surface area contributed by atoms with Crippen LogP contribution in [0.5, 0.6) is 0 Å². The fourth-order valence-corrected chi connectivity index (χ4v) is 1.16. The number of rotatable bonds is 5. The molecular formula is C12H21N. The lowest BCUT2D eigenvalue weighted by Crippen LogP contribution is -2.09. The molecule has 0 aliphatic rings. The molecule has 0 aromatic rings. The van der Waals surface area contributed by atoms with Gasteiger partial charge in [-0.25, -0.2) is 0 Å². The van der Waals surface area contributed by atoms with Gasteiger partial charge in [-0.1, -0.05) is 38.2 Å². The van der Waals surface area contributed by atoms with Crippen molar-refractivity contribution in [3.63, 3.8) is 0 Å². The third-order valence-electron chi connectivity index (χ3n) is 2.12. The van der Waals surface area contributed by atoms with Gasteiger partial charge in [-0.05, 0) is 25.8 Å². The largest absolute Gasteiger partial charge is 0.402 e. The molecule has 2 N–H and O–H groups in total.